The van der Waals surface area contributed by atoms with Crippen LogP contribution in [0.15, 0.2) is 102 Å². The fraction of sp³-hybridized carbons (Fsp3) is 0.304. The standard InChI is InChI=1S/C22H22N6OS.C12H15N3S.C9H6BrNO.3CH4/c1-27-9-11-28(12-10-27)18-7-5-17(6-8-18)25-22-26-21(24)20(30-22)19(29)16-4-2-3-15(13-16)14-23;1-14-6-8-15(9-7-14)12-4-2-11(3-5-12)13-10-16;10-5-9(12)8-3-1-2-7(4-8)6-11;;;/h2-8,13H,9-12,24H2,1H3,(H,25,26);2-5H,6-9H2,1H3;1-4H,5H2;3*1H4. The van der Waals surface area contributed by atoms with Crippen LogP contribution in [-0.2, 0) is 0 Å². The first-order valence-corrected chi connectivity index (χ1v) is 20.8. The number of likely N-dealkylation sites (N-methyl/N-ethyl adjacent to an activating group) is 2. The highest BCUT2D eigenvalue weighted by atomic mass is 79.9. The molecule has 4 aromatic carbocycles. The minimum atomic E-state index is -0.236. The largest absolute Gasteiger partial charge is 0.382 e. The molecule has 12 nitrogen and oxygen atoms in total. The number of isothiocyanates is 1. The third kappa shape index (κ3) is 15.0. The van der Waals surface area contributed by atoms with E-state index in [1.807, 2.05) is 36.4 Å². The lowest BCUT2D eigenvalue weighted by Gasteiger charge is -2.34. The number of thiazole rings is 1. The van der Waals surface area contributed by atoms with Crippen LogP contribution < -0.4 is 20.9 Å². The van der Waals surface area contributed by atoms with Crippen molar-refractivity contribution in [2.24, 2.45) is 4.99 Å². The molecule has 61 heavy (non-hydrogen) atoms. The number of rotatable bonds is 9. The molecule has 1 aromatic heterocycles. The van der Waals surface area contributed by atoms with Gasteiger partial charge in [-0.15, -0.1) is 0 Å². The lowest BCUT2D eigenvalue weighted by Crippen LogP contribution is -2.44. The Hall–Kier alpha value is -5.77. The molecule has 2 aliphatic heterocycles. The van der Waals surface area contributed by atoms with Crippen LogP contribution in [0.1, 0.15) is 59.0 Å². The van der Waals surface area contributed by atoms with Crippen molar-refractivity contribution >= 4 is 89.9 Å². The highest BCUT2D eigenvalue weighted by Crippen LogP contribution is 2.31. The number of anilines is 5. The van der Waals surface area contributed by atoms with Gasteiger partial charge in [0.2, 0.25) is 5.78 Å². The molecule has 2 aliphatic rings. The molecule has 0 unspecified atom stereocenters. The summed E-state index contributed by atoms with van der Waals surface area (Å²) in [5.41, 5.74) is 12.2. The number of nitriles is 2. The van der Waals surface area contributed by atoms with E-state index in [1.165, 1.54) is 22.7 Å². The van der Waals surface area contributed by atoms with Gasteiger partial charge in [0.1, 0.15) is 10.7 Å². The van der Waals surface area contributed by atoms with Gasteiger partial charge in [-0.3, -0.25) is 9.59 Å². The van der Waals surface area contributed by atoms with Crippen molar-refractivity contribution in [3.8, 4) is 12.1 Å². The Morgan fingerprint density at radius 3 is 1.72 bits per heavy atom. The van der Waals surface area contributed by atoms with Gasteiger partial charge in [-0.05, 0) is 99.1 Å². The van der Waals surface area contributed by atoms with Gasteiger partial charge >= 0.3 is 0 Å². The first kappa shape index (κ1) is 51.4. The lowest BCUT2D eigenvalue weighted by atomic mass is 10.1. The number of hydrogen-bond acceptors (Lipinski definition) is 14. The minimum absolute atomic E-state index is 0. The van der Waals surface area contributed by atoms with Crippen molar-refractivity contribution < 1.29 is 9.59 Å². The molecule has 3 N–H and O–H groups in total. The van der Waals surface area contributed by atoms with E-state index in [0.29, 0.717) is 37.6 Å². The quantitative estimate of drug-likeness (QED) is 0.0626. The second-order valence-electron chi connectivity index (χ2n) is 13.5. The van der Waals surface area contributed by atoms with E-state index in [1.54, 1.807) is 48.5 Å². The number of aromatic nitrogens is 1. The Morgan fingerprint density at radius 1 is 0.770 bits per heavy atom. The van der Waals surface area contributed by atoms with Crippen LogP contribution in [0.25, 0.3) is 0 Å². The van der Waals surface area contributed by atoms with E-state index in [0.717, 1.165) is 63.7 Å². The van der Waals surface area contributed by atoms with Crippen LogP contribution in [0.5, 0.6) is 0 Å². The molecule has 320 valence electrons. The predicted octanol–water partition coefficient (Wildman–Crippen LogP) is 9.54. The van der Waals surface area contributed by atoms with Gasteiger partial charge in [-0.2, -0.15) is 15.5 Å². The normalized spacial score (nSPS) is 13.3. The van der Waals surface area contributed by atoms with E-state index in [9.17, 15) is 9.59 Å². The van der Waals surface area contributed by atoms with E-state index >= 15 is 0 Å². The van der Waals surface area contributed by atoms with Gasteiger partial charge in [0.25, 0.3) is 0 Å². The summed E-state index contributed by atoms with van der Waals surface area (Å²) in [7, 11) is 4.30. The number of ketones is 2. The highest BCUT2D eigenvalue weighted by molar-refractivity contribution is 9.09. The van der Waals surface area contributed by atoms with Crippen molar-refractivity contribution in [2.45, 2.75) is 22.3 Å². The second-order valence-corrected chi connectivity index (χ2v) is 15.2. The number of thiocarbonyl (C=S) groups is 1. The summed E-state index contributed by atoms with van der Waals surface area (Å²) in [6, 6.07) is 33.6. The maximum absolute atomic E-state index is 12.8. The zero-order valence-corrected chi connectivity index (χ0v) is 35.5. The summed E-state index contributed by atoms with van der Waals surface area (Å²) in [6.45, 7) is 8.59. The molecular weight excluding hydrogens is 869 g/mol. The van der Waals surface area contributed by atoms with Crippen molar-refractivity contribution in [2.75, 3.05) is 92.6 Å². The van der Waals surface area contributed by atoms with Crippen molar-refractivity contribution in [3.63, 3.8) is 0 Å². The third-order valence-electron chi connectivity index (χ3n) is 9.43. The summed E-state index contributed by atoms with van der Waals surface area (Å²) < 4.78 is 0. The van der Waals surface area contributed by atoms with Crippen LogP contribution in [0, 0.1) is 22.7 Å². The van der Waals surface area contributed by atoms with Gasteiger partial charge in [-0.1, -0.05) is 73.8 Å². The van der Waals surface area contributed by atoms with Gasteiger partial charge in [0.15, 0.2) is 10.9 Å². The first-order valence-electron chi connectivity index (χ1n) is 18.4. The number of carbonyl (C=O) groups excluding carboxylic acids is 2. The predicted molar refractivity (Wildman–Crippen MR) is 261 cm³/mol. The number of Topliss-reactive ketones (excluding diaryl/α,β-unsaturated/α-hetero) is 1. The topological polar surface area (TPSA) is 158 Å². The molecule has 0 saturated carbocycles. The zero-order valence-electron chi connectivity index (χ0n) is 32.3. The molecule has 0 amide bonds. The molecule has 2 saturated heterocycles. The Kier molecular flexibility index (Phi) is 21.7. The maximum Gasteiger partial charge on any atom is 0.206 e. The average Bonchev–Trinajstić information content (AvgIpc) is 3.63. The van der Waals surface area contributed by atoms with E-state index in [2.05, 4.69) is 107 Å². The van der Waals surface area contributed by atoms with Crippen molar-refractivity contribution in [1.29, 1.82) is 10.5 Å². The number of piperazine rings is 2. The first-order chi connectivity index (χ1) is 28.1. The number of benzene rings is 4. The number of nitrogen functional groups attached to an aromatic ring is 1. The number of alkyl halides is 1. The molecule has 7 rings (SSSR count). The van der Waals surface area contributed by atoms with E-state index < -0.39 is 0 Å². The lowest BCUT2D eigenvalue weighted by molar-refractivity contribution is 0.102. The second kappa shape index (κ2) is 25.8. The van der Waals surface area contributed by atoms with Crippen molar-refractivity contribution in [1.82, 2.24) is 14.8 Å². The average molecular weight is 924 g/mol. The number of hydrogen-bond donors (Lipinski definition) is 2. The molecule has 0 bridgehead atoms. The Bertz CT molecular complexity index is 2300. The molecule has 0 radical (unpaired) electrons. The van der Waals surface area contributed by atoms with Gasteiger partial charge in [0.05, 0.1) is 39.4 Å². The minimum Gasteiger partial charge on any atom is -0.382 e. The van der Waals surface area contributed by atoms with E-state index in [-0.39, 0.29) is 39.7 Å². The molecular formula is C46H55BrN10O2S2. The molecule has 0 spiro atoms. The number of nitrogens with two attached hydrogens (primary N) is 1. The number of nitrogens with one attached hydrogen (secondary N) is 1. The maximum atomic E-state index is 12.8. The number of carbonyl (C=O) groups is 2. The fourth-order valence-corrected chi connectivity index (χ4v) is 7.34. The molecule has 15 heteroatoms. The summed E-state index contributed by atoms with van der Waals surface area (Å²) in [6.07, 6.45) is 0. The smallest absolute Gasteiger partial charge is 0.206 e. The summed E-state index contributed by atoms with van der Waals surface area (Å²) in [4.78, 5) is 42.0. The molecule has 5 aromatic rings. The van der Waals surface area contributed by atoms with Crippen LogP contribution >= 0.6 is 39.5 Å². The number of aliphatic imine (C=N–C) groups is 1. The summed E-state index contributed by atoms with van der Waals surface area (Å²) in [5.74, 6) is -0.0587. The van der Waals surface area contributed by atoms with E-state index in [4.69, 9.17) is 16.3 Å². The molecule has 0 aliphatic carbocycles. The Balaban J connectivity index is 0.000000349. The molecule has 2 fully saturated rings. The van der Waals surface area contributed by atoms with Gasteiger partial charge in [0, 0.05) is 80.5 Å². The Morgan fingerprint density at radius 2 is 1.25 bits per heavy atom. The van der Waals surface area contributed by atoms with Crippen LogP contribution in [0.2, 0.25) is 0 Å². The number of nitrogens with zero attached hydrogens (tertiary/aromatic N) is 8. The van der Waals surface area contributed by atoms with Gasteiger partial charge in [-0.25, -0.2) is 4.98 Å². The summed E-state index contributed by atoms with van der Waals surface area (Å²) in [5, 5.41) is 24.0. The number of halogens is 1. The van der Waals surface area contributed by atoms with Crippen molar-refractivity contribution in [3.05, 3.63) is 124 Å². The Labute approximate surface area is 379 Å². The summed E-state index contributed by atoms with van der Waals surface area (Å²) >= 11 is 8.85. The van der Waals surface area contributed by atoms with Gasteiger partial charge < -0.3 is 30.7 Å². The zero-order chi connectivity index (χ0) is 41.4. The molecule has 0 atom stereocenters. The highest BCUT2D eigenvalue weighted by Gasteiger charge is 2.19. The van der Waals surface area contributed by atoms with Crippen LogP contribution in [-0.4, -0.2) is 103 Å². The fourth-order valence-electron chi connectivity index (χ4n) is 6.05. The van der Waals surface area contributed by atoms with Crippen LogP contribution in [0.4, 0.5) is 33.7 Å². The molecule has 3 heterocycles. The van der Waals surface area contributed by atoms with Crippen LogP contribution in [0.3, 0.4) is 0 Å². The monoisotopic (exact) mass is 922 g/mol. The third-order valence-corrected chi connectivity index (χ3v) is 11.0. The SMILES string of the molecule is C.C.C.CN1CCN(c2ccc(N=C=S)cc2)CC1.CN1CCN(c2ccc(Nc3nc(N)c(C(=O)c4cccc(C#N)c4)s3)cc2)CC1.N#Cc1cccc(C(=O)CBr)c1.